The maximum absolute atomic E-state index is 12.0. The van der Waals surface area contributed by atoms with Crippen LogP contribution >= 0.6 is 0 Å². The molecule has 4 heteroatoms. The number of rotatable bonds is 7. The molecule has 0 spiro atoms. The van der Waals surface area contributed by atoms with E-state index >= 15 is 0 Å². The maximum atomic E-state index is 12.0. The van der Waals surface area contributed by atoms with Crippen molar-refractivity contribution in [3.05, 3.63) is 29.8 Å². The van der Waals surface area contributed by atoms with Gasteiger partial charge in [-0.1, -0.05) is 19.1 Å². The summed E-state index contributed by atoms with van der Waals surface area (Å²) in [5.74, 6) is -0.0190. The zero-order valence-electron chi connectivity index (χ0n) is 11.9. The van der Waals surface area contributed by atoms with Crippen molar-refractivity contribution < 1.29 is 4.79 Å². The minimum Gasteiger partial charge on any atom is -0.325 e. The molecular weight excluding hydrogens is 250 g/mol. The Labute approximate surface area is 120 Å². The Morgan fingerprint density at radius 3 is 2.80 bits per heavy atom. The summed E-state index contributed by atoms with van der Waals surface area (Å²) in [7, 11) is 0. The number of carbonyl (C=O) groups excluding carboxylic acids is 1. The van der Waals surface area contributed by atoms with Crippen LogP contribution in [-0.2, 0) is 4.79 Å². The Morgan fingerprint density at radius 2 is 2.15 bits per heavy atom. The molecule has 0 unspecified atom stereocenters. The van der Waals surface area contributed by atoms with E-state index in [1.807, 2.05) is 6.07 Å². The summed E-state index contributed by atoms with van der Waals surface area (Å²) in [5.41, 5.74) is 1.11. The molecule has 2 rings (SSSR count). The number of benzene rings is 1. The molecule has 0 atom stereocenters. The second kappa shape index (κ2) is 7.06. The summed E-state index contributed by atoms with van der Waals surface area (Å²) in [6.07, 6.45) is 4.13. The highest BCUT2D eigenvalue weighted by Crippen LogP contribution is 2.27. The Bertz CT molecular complexity index is 503. The summed E-state index contributed by atoms with van der Waals surface area (Å²) >= 11 is 0. The van der Waals surface area contributed by atoms with Crippen molar-refractivity contribution in [1.82, 2.24) is 4.90 Å². The second-order valence-corrected chi connectivity index (χ2v) is 5.22. The van der Waals surface area contributed by atoms with Crippen LogP contribution in [0.3, 0.4) is 0 Å². The minimum atomic E-state index is -0.0190. The molecule has 1 fully saturated rings. The molecular formula is C16H21N3O. The lowest BCUT2D eigenvalue weighted by Crippen LogP contribution is -2.30. The standard InChI is InChI=1S/C16H21N3O/c1-2-10-19(14-7-8-14)11-9-16(20)18-15-6-4-3-5-13(15)12-17/h3-6,14H,2,7-11H2,1H3,(H,18,20). The fraction of sp³-hybridized carbons (Fsp3) is 0.500. The highest BCUT2D eigenvalue weighted by Gasteiger charge is 2.28. The highest BCUT2D eigenvalue weighted by molar-refractivity contribution is 5.92. The Hall–Kier alpha value is -1.86. The van der Waals surface area contributed by atoms with Crippen LogP contribution in [0.25, 0.3) is 0 Å². The molecule has 20 heavy (non-hydrogen) atoms. The summed E-state index contributed by atoms with van der Waals surface area (Å²) in [6, 6.07) is 9.87. The first-order chi connectivity index (χ1) is 9.74. The zero-order chi connectivity index (χ0) is 14.4. The smallest absolute Gasteiger partial charge is 0.225 e. The van der Waals surface area contributed by atoms with Crippen molar-refractivity contribution in [2.24, 2.45) is 0 Å². The van der Waals surface area contributed by atoms with Crippen molar-refractivity contribution in [3.8, 4) is 6.07 Å². The van der Waals surface area contributed by atoms with E-state index in [1.165, 1.54) is 12.8 Å². The third-order valence-electron chi connectivity index (χ3n) is 3.52. The SMILES string of the molecule is CCCN(CCC(=O)Nc1ccccc1C#N)C1CC1. The van der Waals surface area contributed by atoms with Crippen LogP contribution in [-0.4, -0.2) is 29.9 Å². The molecule has 1 aromatic carbocycles. The molecule has 1 amide bonds. The zero-order valence-corrected chi connectivity index (χ0v) is 11.9. The van der Waals surface area contributed by atoms with Crippen LogP contribution < -0.4 is 5.32 Å². The van der Waals surface area contributed by atoms with Crippen molar-refractivity contribution >= 4 is 11.6 Å². The molecule has 1 aliphatic rings. The predicted octanol–water partition coefficient (Wildman–Crippen LogP) is 2.76. The normalized spacial score (nSPS) is 14.1. The van der Waals surface area contributed by atoms with Crippen LogP contribution in [0.1, 0.15) is 38.2 Å². The van der Waals surface area contributed by atoms with Gasteiger partial charge in [-0.3, -0.25) is 9.69 Å². The van der Waals surface area contributed by atoms with Gasteiger partial charge < -0.3 is 5.32 Å². The van der Waals surface area contributed by atoms with E-state index in [0.29, 0.717) is 23.7 Å². The van der Waals surface area contributed by atoms with E-state index in [2.05, 4.69) is 23.2 Å². The first-order valence-electron chi connectivity index (χ1n) is 7.27. The number of hydrogen-bond acceptors (Lipinski definition) is 3. The molecule has 1 aromatic rings. The van der Waals surface area contributed by atoms with E-state index in [0.717, 1.165) is 19.5 Å². The van der Waals surface area contributed by atoms with Crippen molar-refractivity contribution in [1.29, 1.82) is 5.26 Å². The van der Waals surface area contributed by atoms with E-state index in [1.54, 1.807) is 18.2 Å². The number of carbonyl (C=O) groups is 1. The van der Waals surface area contributed by atoms with Gasteiger partial charge in [0.25, 0.3) is 0 Å². The second-order valence-electron chi connectivity index (χ2n) is 5.22. The quantitative estimate of drug-likeness (QED) is 0.829. The van der Waals surface area contributed by atoms with Crippen LogP contribution in [0.4, 0.5) is 5.69 Å². The lowest BCUT2D eigenvalue weighted by atomic mass is 10.2. The van der Waals surface area contributed by atoms with Crippen LogP contribution in [0, 0.1) is 11.3 Å². The van der Waals surface area contributed by atoms with E-state index < -0.39 is 0 Å². The fourth-order valence-electron chi connectivity index (χ4n) is 2.35. The molecule has 0 saturated heterocycles. The molecule has 0 radical (unpaired) electrons. The lowest BCUT2D eigenvalue weighted by molar-refractivity contribution is -0.116. The van der Waals surface area contributed by atoms with Crippen molar-refractivity contribution in [3.63, 3.8) is 0 Å². The Kier molecular flexibility index (Phi) is 5.14. The third-order valence-corrected chi connectivity index (χ3v) is 3.52. The molecule has 0 aromatic heterocycles. The topological polar surface area (TPSA) is 56.1 Å². The Morgan fingerprint density at radius 1 is 1.40 bits per heavy atom. The van der Waals surface area contributed by atoms with Gasteiger partial charge in [0.1, 0.15) is 6.07 Å². The Balaban J connectivity index is 1.84. The van der Waals surface area contributed by atoms with E-state index in [-0.39, 0.29) is 5.91 Å². The minimum absolute atomic E-state index is 0.0190. The fourth-order valence-corrected chi connectivity index (χ4v) is 2.35. The summed E-state index contributed by atoms with van der Waals surface area (Å²) < 4.78 is 0. The first-order valence-corrected chi connectivity index (χ1v) is 7.27. The van der Waals surface area contributed by atoms with Gasteiger partial charge >= 0.3 is 0 Å². The van der Waals surface area contributed by atoms with Gasteiger partial charge in [0.15, 0.2) is 0 Å². The molecule has 0 bridgehead atoms. The number of nitriles is 1. The molecule has 0 heterocycles. The highest BCUT2D eigenvalue weighted by atomic mass is 16.1. The van der Waals surface area contributed by atoms with Gasteiger partial charge in [0, 0.05) is 19.0 Å². The number of nitrogens with one attached hydrogen (secondary N) is 1. The maximum Gasteiger partial charge on any atom is 0.225 e. The summed E-state index contributed by atoms with van der Waals surface area (Å²) in [5, 5.41) is 11.8. The number of hydrogen-bond donors (Lipinski definition) is 1. The molecule has 1 aliphatic carbocycles. The van der Waals surface area contributed by atoms with Crippen LogP contribution in [0.2, 0.25) is 0 Å². The van der Waals surface area contributed by atoms with Crippen molar-refractivity contribution in [2.45, 2.75) is 38.6 Å². The average molecular weight is 271 g/mol. The summed E-state index contributed by atoms with van der Waals surface area (Å²) in [6.45, 7) is 4.03. The van der Waals surface area contributed by atoms with Gasteiger partial charge in [-0.05, 0) is 37.9 Å². The molecule has 1 N–H and O–H groups in total. The number of para-hydroxylation sites is 1. The molecule has 0 aliphatic heterocycles. The predicted molar refractivity (Wildman–Crippen MR) is 79.3 cm³/mol. The van der Waals surface area contributed by atoms with Gasteiger partial charge in [0.05, 0.1) is 11.3 Å². The third kappa shape index (κ3) is 4.07. The first kappa shape index (κ1) is 14.5. The van der Waals surface area contributed by atoms with E-state index in [4.69, 9.17) is 5.26 Å². The van der Waals surface area contributed by atoms with Crippen LogP contribution in [0.5, 0.6) is 0 Å². The van der Waals surface area contributed by atoms with Gasteiger partial charge in [-0.2, -0.15) is 5.26 Å². The average Bonchev–Trinajstić information content (AvgIpc) is 3.28. The number of anilines is 1. The van der Waals surface area contributed by atoms with E-state index in [9.17, 15) is 4.79 Å². The number of nitrogens with zero attached hydrogens (tertiary/aromatic N) is 2. The summed E-state index contributed by atoms with van der Waals surface area (Å²) in [4.78, 5) is 14.4. The molecule has 1 saturated carbocycles. The van der Waals surface area contributed by atoms with Crippen molar-refractivity contribution in [2.75, 3.05) is 18.4 Å². The molecule has 106 valence electrons. The monoisotopic (exact) mass is 271 g/mol. The number of amides is 1. The van der Waals surface area contributed by atoms with Gasteiger partial charge in [0.2, 0.25) is 5.91 Å². The van der Waals surface area contributed by atoms with Gasteiger partial charge in [-0.15, -0.1) is 0 Å². The largest absolute Gasteiger partial charge is 0.325 e. The van der Waals surface area contributed by atoms with Gasteiger partial charge in [-0.25, -0.2) is 0 Å². The lowest BCUT2D eigenvalue weighted by Gasteiger charge is -2.20. The van der Waals surface area contributed by atoms with Crippen LogP contribution in [0.15, 0.2) is 24.3 Å². The molecule has 4 nitrogen and oxygen atoms in total.